The molecule has 4 nitrogen and oxygen atoms in total. The van der Waals surface area contributed by atoms with Gasteiger partial charge in [0.25, 0.3) is 0 Å². The summed E-state index contributed by atoms with van der Waals surface area (Å²) >= 11 is 0. The quantitative estimate of drug-likeness (QED) is 0.543. The zero-order valence-electron chi connectivity index (χ0n) is 16.3. The maximum absolute atomic E-state index is 10.6. The van der Waals surface area contributed by atoms with Crippen LogP contribution in [0.2, 0.25) is 0 Å². The molecule has 0 unspecified atom stereocenters. The largest absolute Gasteiger partial charge is 0.478 e. The zero-order valence-corrected chi connectivity index (χ0v) is 16.3. The van der Waals surface area contributed by atoms with E-state index >= 15 is 0 Å². The van der Waals surface area contributed by atoms with Crippen LogP contribution in [0, 0.1) is 0 Å². The lowest BCUT2D eigenvalue weighted by atomic mass is 10.0. The van der Waals surface area contributed by atoms with Gasteiger partial charge in [0, 0.05) is 0 Å². The zero-order chi connectivity index (χ0) is 20.1. The van der Waals surface area contributed by atoms with E-state index in [1.807, 2.05) is 31.2 Å². The van der Waals surface area contributed by atoms with Gasteiger partial charge in [-0.05, 0) is 48.6 Å². The van der Waals surface area contributed by atoms with E-state index in [2.05, 4.69) is 6.92 Å². The van der Waals surface area contributed by atoms with Gasteiger partial charge in [-0.3, -0.25) is 0 Å². The van der Waals surface area contributed by atoms with Crippen molar-refractivity contribution < 1.29 is 19.8 Å². The van der Waals surface area contributed by atoms with E-state index in [9.17, 15) is 9.59 Å². The molecule has 0 saturated heterocycles. The number of carboxylic acid groups (broad SMARTS) is 2. The molecule has 0 aliphatic rings. The molecule has 0 heterocycles. The molecule has 0 amide bonds. The summed E-state index contributed by atoms with van der Waals surface area (Å²) in [5.41, 5.74) is 2.91. The standard InChI is InChI=1S/C14H20O2.C9H10O2/c1-2-3-4-5-6-7-12-8-10-13(11-9-12)14(15)16;1-2-7-5-3-4-6-8(7)9(10)11/h8-11H,2-7H2,1H3,(H,15,16);3-6H,2H2,1H3,(H,10,11). The van der Waals surface area contributed by atoms with Crippen molar-refractivity contribution in [3.05, 3.63) is 70.8 Å². The highest BCUT2D eigenvalue weighted by molar-refractivity contribution is 5.89. The lowest BCUT2D eigenvalue weighted by Gasteiger charge is -2.02. The molecule has 2 aromatic carbocycles. The van der Waals surface area contributed by atoms with E-state index < -0.39 is 11.9 Å². The smallest absolute Gasteiger partial charge is 0.335 e. The number of benzene rings is 2. The Morgan fingerprint density at radius 2 is 1.41 bits per heavy atom. The van der Waals surface area contributed by atoms with Crippen LogP contribution in [0.25, 0.3) is 0 Å². The van der Waals surface area contributed by atoms with Gasteiger partial charge in [0.05, 0.1) is 11.1 Å². The van der Waals surface area contributed by atoms with E-state index in [-0.39, 0.29) is 0 Å². The maximum Gasteiger partial charge on any atom is 0.335 e. The third-order valence-corrected chi connectivity index (χ3v) is 4.40. The lowest BCUT2D eigenvalue weighted by Crippen LogP contribution is -2.00. The van der Waals surface area contributed by atoms with Crippen molar-refractivity contribution in [2.75, 3.05) is 0 Å². The molecule has 2 N–H and O–H groups in total. The van der Waals surface area contributed by atoms with Crippen molar-refractivity contribution >= 4 is 11.9 Å². The van der Waals surface area contributed by atoms with Gasteiger partial charge in [0.15, 0.2) is 0 Å². The Labute approximate surface area is 161 Å². The molecule has 146 valence electrons. The second-order valence-electron chi connectivity index (χ2n) is 6.48. The van der Waals surface area contributed by atoms with Crippen LogP contribution in [-0.4, -0.2) is 22.2 Å². The molecule has 27 heavy (non-hydrogen) atoms. The first-order valence-electron chi connectivity index (χ1n) is 9.63. The van der Waals surface area contributed by atoms with E-state index in [0.29, 0.717) is 11.1 Å². The molecule has 2 aromatic rings. The molecule has 0 radical (unpaired) electrons. The van der Waals surface area contributed by atoms with Gasteiger partial charge >= 0.3 is 11.9 Å². The molecule has 0 atom stereocenters. The van der Waals surface area contributed by atoms with E-state index in [0.717, 1.165) is 18.4 Å². The average Bonchev–Trinajstić information content (AvgIpc) is 2.68. The summed E-state index contributed by atoms with van der Waals surface area (Å²) in [6.45, 7) is 4.16. The summed E-state index contributed by atoms with van der Waals surface area (Å²) in [4.78, 5) is 21.2. The van der Waals surface area contributed by atoms with Crippen molar-refractivity contribution in [1.82, 2.24) is 0 Å². The summed E-state index contributed by atoms with van der Waals surface area (Å²) in [5.74, 6) is -1.70. The molecule has 2 rings (SSSR count). The Morgan fingerprint density at radius 3 is 1.93 bits per heavy atom. The molecular weight excluding hydrogens is 340 g/mol. The van der Waals surface area contributed by atoms with Crippen LogP contribution in [0.1, 0.15) is 77.8 Å². The van der Waals surface area contributed by atoms with Gasteiger partial charge in [0.1, 0.15) is 0 Å². The predicted octanol–water partition coefficient (Wildman–Crippen LogP) is 5.84. The number of carboxylic acids is 2. The SMILES string of the molecule is CCCCCCCc1ccc(C(=O)O)cc1.CCc1ccccc1C(=O)O. The Hall–Kier alpha value is -2.62. The van der Waals surface area contributed by atoms with Crippen LogP contribution in [0.4, 0.5) is 0 Å². The third-order valence-electron chi connectivity index (χ3n) is 4.40. The second-order valence-corrected chi connectivity index (χ2v) is 6.48. The highest BCUT2D eigenvalue weighted by atomic mass is 16.4. The fraction of sp³-hybridized carbons (Fsp3) is 0.391. The number of carbonyl (C=O) groups is 2. The van der Waals surface area contributed by atoms with E-state index in [1.54, 1.807) is 24.3 Å². The van der Waals surface area contributed by atoms with Crippen molar-refractivity contribution in [2.45, 2.75) is 58.8 Å². The summed E-state index contributed by atoms with van der Waals surface area (Å²) in [5, 5.41) is 17.4. The van der Waals surface area contributed by atoms with Gasteiger partial charge in [-0.15, -0.1) is 0 Å². The molecule has 4 heteroatoms. The number of hydrogen-bond donors (Lipinski definition) is 2. The van der Waals surface area contributed by atoms with Gasteiger partial charge in [-0.2, -0.15) is 0 Å². The van der Waals surface area contributed by atoms with Crippen LogP contribution in [-0.2, 0) is 12.8 Å². The Balaban J connectivity index is 0.000000289. The van der Waals surface area contributed by atoms with E-state index in [1.165, 1.54) is 37.7 Å². The molecular formula is C23H30O4. The van der Waals surface area contributed by atoms with Crippen LogP contribution in [0.5, 0.6) is 0 Å². The second kappa shape index (κ2) is 12.7. The predicted molar refractivity (Wildman–Crippen MR) is 109 cm³/mol. The van der Waals surface area contributed by atoms with Gasteiger partial charge in [-0.25, -0.2) is 9.59 Å². The molecule has 0 aliphatic heterocycles. The minimum Gasteiger partial charge on any atom is -0.478 e. The minimum absolute atomic E-state index is 0.370. The summed E-state index contributed by atoms with van der Waals surface area (Å²) in [6.07, 6.45) is 8.20. The lowest BCUT2D eigenvalue weighted by molar-refractivity contribution is 0.0685. The highest BCUT2D eigenvalue weighted by Crippen LogP contribution is 2.10. The van der Waals surface area contributed by atoms with Gasteiger partial charge in [0.2, 0.25) is 0 Å². The van der Waals surface area contributed by atoms with Crippen molar-refractivity contribution in [3.8, 4) is 0 Å². The van der Waals surface area contributed by atoms with E-state index in [4.69, 9.17) is 10.2 Å². The Morgan fingerprint density at radius 1 is 0.778 bits per heavy atom. The number of unbranched alkanes of at least 4 members (excludes halogenated alkanes) is 4. The van der Waals surface area contributed by atoms with Crippen molar-refractivity contribution in [2.24, 2.45) is 0 Å². The molecule has 0 fully saturated rings. The van der Waals surface area contributed by atoms with Gasteiger partial charge in [-0.1, -0.05) is 69.9 Å². The first-order chi connectivity index (χ1) is 13.0. The van der Waals surface area contributed by atoms with Crippen LogP contribution < -0.4 is 0 Å². The van der Waals surface area contributed by atoms with Crippen LogP contribution >= 0.6 is 0 Å². The van der Waals surface area contributed by atoms with Crippen molar-refractivity contribution in [1.29, 1.82) is 0 Å². The highest BCUT2D eigenvalue weighted by Gasteiger charge is 2.05. The van der Waals surface area contributed by atoms with Crippen LogP contribution in [0.15, 0.2) is 48.5 Å². The molecule has 0 saturated carbocycles. The number of rotatable bonds is 9. The molecule has 0 aliphatic carbocycles. The number of hydrogen-bond acceptors (Lipinski definition) is 2. The topological polar surface area (TPSA) is 74.6 Å². The van der Waals surface area contributed by atoms with Crippen molar-refractivity contribution in [3.63, 3.8) is 0 Å². The molecule has 0 aromatic heterocycles. The fourth-order valence-corrected chi connectivity index (χ4v) is 2.78. The maximum atomic E-state index is 10.6. The average molecular weight is 370 g/mol. The normalized spacial score (nSPS) is 10.0. The first kappa shape index (κ1) is 22.4. The summed E-state index contributed by atoms with van der Waals surface area (Å²) in [7, 11) is 0. The van der Waals surface area contributed by atoms with Gasteiger partial charge < -0.3 is 10.2 Å². The Kier molecular flexibility index (Phi) is 10.5. The first-order valence-corrected chi connectivity index (χ1v) is 9.63. The summed E-state index contributed by atoms with van der Waals surface area (Å²) in [6, 6.07) is 14.3. The third kappa shape index (κ3) is 8.54. The minimum atomic E-state index is -0.852. The fourth-order valence-electron chi connectivity index (χ4n) is 2.78. The monoisotopic (exact) mass is 370 g/mol. The summed E-state index contributed by atoms with van der Waals surface area (Å²) < 4.78 is 0. The number of aromatic carboxylic acids is 2. The molecule has 0 spiro atoms. The number of aryl methyl sites for hydroxylation is 2. The Bertz CT molecular complexity index is 705. The molecule has 0 bridgehead atoms. The van der Waals surface area contributed by atoms with Crippen LogP contribution in [0.3, 0.4) is 0 Å².